The van der Waals surface area contributed by atoms with E-state index in [4.69, 9.17) is 4.74 Å². The third kappa shape index (κ3) is 2.50. The summed E-state index contributed by atoms with van der Waals surface area (Å²) in [6.07, 6.45) is 0. The van der Waals surface area contributed by atoms with Gasteiger partial charge in [-0.05, 0) is 43.5 Å². The second kappa shape index (κ2) is 5.53. The van der Waals surface area contributed by atoms with Crippen molar-refractivity contribution in [3.05, 3.63) is 46.0 Å². The smallest absolute Gasteiger partial charge is 0.261 e. The number of fused-ring (bicyclic) bond motifs is 1. The highest BCUT2D eigenvalue weighted by Crippen LogP contribution is 2.18. The van der Waals surface area contributed by atoms with Crippen LogP contribution < -0.4 is 5.56 Å². The van der Waals surface area contributed by atoms with E-state index in [2.05, 4.69) is 4.98 Å². The fourth-order valence-electron chi connectivity index (χ4n) is 2.88. The molecular weight excluding hydrogens is 287 g/mol. The number of ether oxygens (including phenoxy) is 1. The van der Waals surface area contributed by atoms with Gasteiger partial charge in [0.15, 0.2) is 0 Å². The van der Waals surface area contributed by atoms with E-state index in [1.807, 2.05) is 13.8 Å². The van der Waals surface area contributed by atoms with Crippen molar-refractivity contribution >= 4 is 16.8 Å². The van der Waals surface area contributed by atoms with E-state index in [1.165, 1.54) is 18.2 Å². The highest BCUT2D eigenvalue weighted by Gasteiger charge is 2.31. The van der Waals surface area contributed by atoms with Crippen LogP contribution in [0.15, 0.2) is 29.1 Å². The number of carbonyl (C=O) groups excluding carboxylic acids is 1. The van der Waals surface area contributed by atoms with Gasteiger partial charge in [0.2, 0.25) is 0 Å². The molecule has 1 fully saturated rings. The van der Waals surface area contributed by atoms with Crippen molar-refractivity contribution in [2.75, 3.05) is 13.2 Å². The summed E-state index contributed by atoms with van der Waals surface area (Å²) in [5.41, 5.74) is -0.0571. The van der Waals surface area contributed by atoms with E-state index in [9.17, 15) is 14.0 Å². The monoisotopic (exact) mass is 304 g/mol. The quantitative estimate of drug-likeness (QED) is 0.875. The van der Waals surface area contributed by atoms with E-state index < -0.39 is 11.4 Å². The molecule has 116 valence electrons. The van der Waals surface area contributed by atoms with E-state index in [1.54, 1.807) is 11.0 Å². The zero-order valence-electron chi connectivity index (χ0n) is 12.4. The fraction of sp³-hybridized carbons (Fsp3) is 0.375. The summed E-state index contributed by atoms with van der Waals surface area (Å²) in [4.78, 5) is 29.2. The van der Waals surface area contributed by atoms with Gasteiger partial charge in [-0.25, -0.2) is 4.39 Å². The number of aromatic nitrogens is 1. The number of rotatable bonds is 1. The SMILES string of the molecule is CC1COCC(C)N1C(=O)c1cc2ccc(F)cc2[nH]c1=O. The molecule has 1 aromatic carbocycles. The second-order valence-electron chi connectivity index (χ2n) is 5.69. The Kier molecular flexibility index (Phi) is 3.70. The minimum atomic E-state index is -0.506. The van der Waals surface area contributed by atoms with Crippen LogP contribution in [0.1, 0.15) is 24.2 Å². The molecule has 0 bridgehead atoms. The zero-order valence-corrected chi connectivity index (χ0v) is 12.4. The van der Waals surface area contributed by atoms with Crippen LogP contribution in [0.2, 0.25) is 0 Å². The standard InChI is InChI=1S/C16H17FN2O3/c1-9-7-22-8-10(2)19(9)16(21)13-5-11-3-4-12(17)6-14(11)18-15(13)20/h3-6,9-10H,7-8H2,1-2H3,(H,18,20). The van der Waals surface area contributed by atoms with E-state index in [-0.39, 0.29) is 23.6 Å². The normalized spacial score (nSPS) is 22.0. The maximum absolute atomic E-state index is 13.2. The summed E-state index contributed by atoms with van der Waals surface area (Å²) in [7, 11) is 0. The van der Waals surface area contributed by atoms with Crippen LogP contribution in [0.3, 0.4) is 0 Å². The van der Waals surface area contributed by atoms with Crippen LogP contribution in [0, 0.1) is 5.82 Å². The van der Waals surface area contributed by atoms with Crippen LogP contribution >= 0.6 is 0 Å². The van der Waals surface area contributed by atoms with Gasteiger partial charge in [0, 0.05) is 0 Å². The van der Waals surface area contributed by atoms with Gasteiger partial charge in [0.25, 0.3) is 11.5 Å². The lowest BCUT2D eigenvalue weighted by molar-refractivity contribution is -0.0250. The van der Waals surface area contributed by atoms with Crippen molar-refractivity contribution in [3.63, 3.8) is 0 Å². The summed E-state index contributed by atoms with van der Waals surface area (Å²) in [5, 5.41) is 0.623. The van der Waals surface area contributed by atoms with Gasteiger partial charge in [-0.15, -0.1) is 0 Å². The Labute approximate surface area is 126 Å². The van der Waals surface area contributed by atoms with E-state index in [0.717, 1.165) is 0 Å². The lowest BCUT2D eigenvalue weighted by atomic mass is 10.1. The summed E-state index contributed by atoms with van der Waals surface area (Å²) in [5.74, 6) is -0.756. The highest BCUT2D eigenvalue weighted by molar-refractivity contribution is 5.97. The molecule has 2 aromatic rings. The third-order valence-electron chi connectivity index (χ3n) is 3.94. The first-order valence-electron chi connectivity index (χ1n) is 7.20. The number of pyridine rings is 1. The van der Waals surface area contributed by atoms with Crippen molar-refractivity contribution in [2.24, 2.45) is 0 Å². The molecule has 1 aliphatic rings. The molecule has 3 rings (SSSR count). The minimum absolute atomic E-state index is 0.0692. The van der Waals surface area contributed by atoms with Gasteiger partial charge in [0.1, 0.15) is 11.4 Å². The molecule has 2 unspecified atom stereocenters. The van der Waals surface area contributed by atoms with Crippen molar-refractivity contribution in [2.45, 2.75) is 25.9 Å². The first-order chi connectivity index (χ1) is 10.5. The third-order valence-corrected chi connectivity index (χ3v) is 3.94. The molecule has 6 heteroatoms. The highest BCUT2D eigenvalue weighted by atomic mass is 19.1. The van der Waals surface area contributed by atoms with E-state index >= 15 is 0 Å². The van der Waals surface area contributed by atoms with Gasteiger partial charge in [-0.1, -0.05) is 0 Å². The Hall–Kier alpha value is -2.21. The van der Waals surface area contributed by atoms with Gasteiger partial charge >= 0.3 is 0 Å². The first kappa shape index (κ1) is 14.7. The van der Waals surface area contributed by atoms with Crippen LogP contribution in [0.25, 0.3) is 10.9 Å². The molecule has 0 radical (unpaired) electrons. The number of benzene rings is 1. The summed E-state index contributed by atoms with van der Waals surface area (Å²) in [6, 6.07) is 5.41. The Bertz CT molecular complexity index is 777. The molecule has 1 N–H and O–H groups in total. The van der Waals surface area contributed by atoms with Crippen molar-refractivity contribution in [3.8, 4) is 0 Å². The summed E-state index contributed by atoms with van der Waals surface area (Å²) < 4.78 is 18.6. The number of aromatic amines is 1. The molecule has 5 nitrogen and oxygen atoms in total. The summed E-state index contributed by atoms with van der Waals surface area (Å²) in [6.45, 7) is 4.68. The molecule has 2 atom stereocenters. The van der Waals surface area contributed by atoms with Gasteiger partial charge in [0.05, 0.1) is 30.8 Å². The number of H-pyrrole nitrogens is 1. The molecule has 1 saturated heterocycles. The van der Waals surface area contributed by atoms with Crippen LogP contribution in [-0.2, 0) is 4.74 Å². The molecule has 0 spiro atoms. The number of hydrogen-bond donors (Lipinski definition) is 1. The fourth-order valence-corrected chi connectivity index (χ4v) is 2.88. The van der Waals surface area contributed by atoms with Crippen molar-refractivity contribution in [1.29, 1.82) is 0 Å². The average molecular weight is 304 g/mol. The average Bonchev–Trinajstić information content (AvgIpc) is 2.46. The number of hydrogen-bond acceptors (Lipinski definition) is 3. The number of morpholine rings is 1. The van der Waals surface area contributed by atoms with Crippen LogP contribution in [-0.4, -0.2) is 41.1 Å². The molecule has 1 amide bonds. The zero-order chi connectivity index (χ0) is 15.9. The maximum Gasteiger partial charge on any atom is 0.261 e. The molecule has 1 aromatic heterocycles. The van der Waals surface area contributed by atoms with E-state index in [0.29, 0.717) is 24.1 Å². The summed E-state index contributed by atoms with van der Waals surface area (Å²) >= 11 is 0. The number of halogens is 1. The lowest BCUT2D eigenvalue weighted by Gasteiger charge is -2.38. The van der Waals surface area contributed by atoms with Crippen LogP contribution in [0.4, 0.5) is 4.39 Å². The Balaban J connectivity index is 2.05. The second-order valence-corrected chi connectivity index (χ2v) is 5.69. The van der Waals surface area contributed by atoms with Gasteiger partial charge < -0.3 is 14.6 Å². The molecule has 0 saturated carbocycles. The number of nitrogens with one attached hydrogen (secondary N) is 1. The topological polar surface area (TPSA) is 62.4 Å². The molecule has 22 heavy (non-hydrogen) atoms. The van der Waals surface area contributed by atoms with Crippen LogP contribution in [0.5, 0.6) is 0 Å². The molecular formula is C16H17FN2O3. The Morgan fingerprint density at radius 1 is 1.27 bits per heavy atom. The number of amides is 1. The number of nitrogens with zero attached hydrogens (tertiary/aromatic N) is 1. The first-order valence-corrected chi connectivity index (χ1v) is 7.20. The molecule has 2 heterocycles. The lowest BCUT2D eigenvalue weighted by Crippen LogP contribution is -2.53. The number of carbonyl (C=O) groups is 1. The van der Waals surface area contributed by atoms with Gasteiger partial charge in [-0.2, -0.15) is 0 Å². The molecule has 0 aliphatic carbocycles. The van der Waals surface area contributed by atoms with Gasteiger partial charge in [-0.3, -0.25) is 9.59 Å². The predicted molar refractivity (Wildman–Crippen MR) is 80.4 cm³/mol. The Morgan fingerprint density at radius 3 is 2.64 bits per heavy atom. The van der Waals surface area contributed by atoms with Crippen molar-refractivity contribution in [1.82, 2.24) is 9.88 Å². The molecule has 1 aliphatic heterocycles. The largest absolute Gasteiger partial charge is 0.377 e. The minimum Gasteiger partial charge on any atom is -0.377 e. The predicted octanol–water partition coefficient (Wildman–Crippen LogP) is 1.92. The maximum atomic E-state index is 13.2. The van der Waals surface area contributed by atoms with Crippen molar-refractivity contribution < 1.29 is 13.9 Å². The Morgan fingerprint density at radius 2 is 1.95 bits per heavy atom.